The lowest BCUT2D eigenvalue weighted by atomic mass is 10.0. The number of nitrogens with zero attached hydrogens (tertiary/aromatic N) is 3. The molecule has 0 atom stereocenters. The van der Waals surface area contributed by atoms with Crippen molar-refractivity contribution in [3.63, 3.8) is 0 Å². The number of benzene rings is 2. The van der Waals surface area contributed by atoms with Crippen LogP contribution in [0.15, 0.2) is 72.1 Å². The second kappa shape index (κ2) is 12.0. The number of para-hydroxylation sites is 1. The summed E-state index contributed by atoms with van der Waals surface area (Å²) in [5.74, 6) is 0.383. The standard InChI is InChI=1S/C28H36N4O4S/c1-2-16-31(27(33)21-22-8-12-26(13-9-22)37(29,35)36)25-14-17-30(18-15-25)19-20-32(28(34)23-10-11-23)24-6-4-3-5-7-24/h2-9,12-13,23,25H,1,10-11,14-21H2,(H2,29,35,36). The van der Waals surface area contributed by atoms with E-state index in [1.54, 1.807) is 18.2 Å². The molecule has 37 heavy (non-hydrogen) atoms. The summed E-state index contributed by atoms with van der Waals surface area (Å²) in [6.45, 7) is 7.47. The summed E-state index contributed by atoms with van der Waals surface area (Å²) in [4.78, 5) is 32.3. The summed E-state index contributed by atoms with van der Waals surface area (Å²) in [5, 5.41) is 5.17. The Morgan fingerprint density at radius 2 is 1.65 bits per heavy atom. The SMILES string of the molecule is C=CCN(C(=O)Cc1ccc(S(N)(=O)=O)cc1)C1CCN(CCN(C(=O)C2CC2)c2ccccc2)CC1. The number of likely N-dealkylation sites (tertiary alicyclic amines) is 1. The molecule has 0 radical (unpaired) electrons. The van der Waals surface area contributed by atoms with Crippen molar-refractivity contribution in [2.45, 2.75) is 43.0 Å². The van der Waals surface area contributed by atoms with E-state index in [0.29, 0.717) is 13.1 Å². The van der Waals surface area contributed by atoms with Crippen molar-refractivity contribution >= 4 is 27.5 Å². The minimum absolute atomic E-state index is 0.00742. The van der Waals surface area contributed by atoms with Gasteiger partial charge >= 0.3 is 0 Å². The van der Waals surface area contributed by atoms with E-state index in [1.165, 1.54) is 12.1 Å². The molecule has 0 bridgehead atoms. The molecule has 4 rings (SSSR count). The molecule has 2 N–H and O–H groups in total. The van der Waals surface area contributed by atoms with Crippen molar-refractivity contribution < 1.29 is 18.0 Å². The van der Waals surface area contributed by atoms with Gasteiger partial charge in [0, 0.05) is 50.4 Å². The number of anilines is 1. The van der Waals surface area contributed by atoms with Gasteiger partial charge in [-0.2, -0.15) is 0 Å². The van der Waals surface area contributed by atoms with Gasteiger partial charge in [0.1, 0.15) is 0 Å². The largest absolute Gasteiger partial charge is 0.336 e. The molecular formula is C28H36N4O4S. The minimum atomic E-state index is -3.76. The Balaban J connectivity index is 1.31. The summed E-state index contributed by atoms with van der Waals surface area (Å²) < 4.78 is 23.0. The molecule has 1 aliphatic carbocycles. The third kappa shape index (κ3) is 7.28. The van der Waals surface area contributed by atoms with Crippen LogP contribution in [0, 0.1) is 5.92 Å². The molecule has 2 aromatic rings. The van der Waals surface area contributed by atoms with E-state index in [4.69, 9.17) is 5.14 Å². The number of sulfonamides is 1. The number of primary sulfonamides is 1. The van der Waals surface area contributed by atoms with Crippen LogP contribution in [0.4, 0.5) is 5.69 Å². The smallest absolute Gasteiger partial charge is 0.238 e. The lowest BCUT2D eigenvalue weighted by Gasteiger charge is -2.39. The number of hydrogen-bond acceptors (Lipinski definition) is 5. The topological polar surface area (TPSA) is 104 Å². The molecule has 1 aliphatic heterocycles. The normalized spacial score (nSPS) is 16.8. The molecule has 0 unspecified atom stereocenters. The Labute approximate surface area is 219 Å². The number of rotatable bonds is 11. The summed E-state index contributed by atoms with van der Waals surface area (Å²) in [6.07, 6.45) is 5.61. The molecule has 2 aromatic carbocycles. The lowest BCUT2D eigenvalue weighted by Crippen LogP contribution is -2.49. The van der Waals surface area contributed by atoms with E-state index in [2.05, 4.69) is 11.5 Å². The Bertz CT molecular complexity index is 1190. The fourth-order valence-corrected chi connectivity index (χ4v) is 5.40. The third-order valence-electron chi connectivity index (χ3n) is 7.15. The first-order valence-electron chi connectivity index (χ1n) is 12.9. The Morgan fingerprint density at radius 3 is 2.22 bits per heavy atom. The highest BCUT2D eigenvalue weighted by molar-refractivity contribution is 7.89. The van der Waals surface area contributed by atoms with Gasteiger partial charge in [-0.05, 0) is 55.5 Å². The van der Waals surface area contributed by atoms with Gasteiger partial charge in [-0.1, -0.05) is 36.4 Å². The van der Waals surface area contributed by atoms with Crippen LogP contribution in [0.5, 0.6) is 0 Å². The van der Waals surface area contributed by atoms with Crippen LogP contribution in [0.2, 0.25) is 0 Å². The van der Waals surface area contributed by atoms with E-state index in [0.717, 1.165) is 56.6 Å². The molecule has 0 aromatic heterocycles. The zero-order valence-electron chi connectivity index (χ0n) is 21.2. The van der Waals surface area contributed by atoms with Crippen LogP contribution in [0.25, 0.3) is 0 Å². The molecule has 2 fully saturated rings. The highest BCUT2D eigenvalue weighted by Gasteiger charge is 2.34. The average molecular weight is 525 g/mol. The summed E-state index contributed by atoms with van der Waals surface area (Å²) in [7, 11) is -3.76. The average Bonchev–Trinajstić information content (AvgIpc) is 3.74. The summed E-state index contributed by atoms with van der Waals surface area (Å²) in [6, 6.07) is 16.1. The van der Waals surface area contributed by atoms with Crippen molar-refractivity contribution in [1.82, 2.24) is 9.80 Å². The number of piperidine rings is 1. The molecule has 2 aliphatic rings. The zero-order valence-corrected chi connectivity index (χ0v) is 22.0. The second-order valence-electron chi connectivity index (χ2n) is 9.87. The molecule has 9 heteroatoms. The van der Waals surface area contributed by atoms with E-state index in [9.17, 15) is 18.0 Å². The molecule has 2 amide bonds. The van der Waals surface area contributed by atoms with Crippen LogP contribution in [0.1, 0.15) is 31.2 Å². The maximum absolute atomic E-state index is 13.2. The van der Waals surface area contributed by atoms with Crippen molar-refractivity contribution in [2.75, 3.05) is 37.6 Å². The van der Waals surface area contributed by atoms with Gasteiger partial charge in [0.05, 0.1) is 11.3 Å². The van der Waals surface area contributed by atoms with Gasteiger partial charge in [0.2, 0.25) is 21.8 Å². The fraction of sp³-hybridized carbons (Fsp3) is 0.429. The third-order valence-corrected chi connectivity index (χ3v) is 8.08. The molecule has 1 saturated heterocycles. The monoisotopic (exact) mass is 524 g/mol. The van der Waals surface area contributed by atoms with Gasteiger partial charge < -0.3 is 14.7 Å². The van der Waals surface area contributed by atoms with Gasteiger partial charge in [0.25, 0.3) is 0 Å². The van der Waals surface area contributed by atoms with E-state index in [1.807, 2.05) is 40.1 Å². The molecule has 0 spiro atoms. The quantitative estimate of drug-likeness (QED) is 0.455. The first kappa shape index (κ1) is 27.0. The summed E-state index contributed by atoms with van der Waals surface area (Å²) >= 11 is 0. The van der Waals surface area contributed by atoms with E-state index in [-0.39, 0.29) is 35.1 Å². The van der Waals surface area contributed by atoms with Crippen LogP contribution in [0.3, 0.4) is 0 Å². The van der Waals surface area contributed by atoms with Gasteiger partial charge in [-0.3, -0.25) is 9.59 Å². The molecule has 8 nitrogen and oxygen atoms in total. The van der Waals surface area contributed by atoms with Crippen molar-refractivity contribution in [3.05, 3.63) is 72.8 Å². The summed E-state index contributed by atoms with van der Waals surface area (Å²) in [5.41, 5.74) is 1.69. The first-order chi connectivity index (χ1) is 17.8. The van der Waals surface area contributed by atoms with Crippen LogP contribution < -0.4 is 10.0 Å². The van der Waals surface area contributed by atoms with Crippen LogP contribution in [-0.2, 0) is 26.0 Å². The van der Waals surface area contributed by atoms with E-state index >= 15 is 0 Å². The first-order valence-corrected chi connectivity index (χ1v) is 14.4. The highest BCUT2D eigenvalue weighted by atomic mass is 32.2. The number of carbonyl (C=O) groups is 2. The zero-order chi connectivity index (χ0) is 26.4. The van der Waals surface area contributed by atoms with Crippen molar-refractivity contribution in [3.8, 4) is 0 Å². The Hall–Kier alpha value is -3.01. The van der Waals surface area contributed by atoms with Gasteiger partial charge in [-0.25, -0.2) is 13.6 Å². The molecule has 198 valence electrons. The fourth-order valence-electron chi connectivity index (χ4n) is 4.89. The van der Waals surface area contributed by atoms with Gasteiger partial charge in [-0.15, -0.1) is 6.58 Å². The molecule has 1 saturated carbocycles. The molecular weight excluding hydrogens is 488 g/mol. The predicted molar refractivity (Wildman–Crippen MR) is 144 cm³/mol. The van der Waals surface area contributed by atoms with Crippen molar-refractivity contribution in [2.24, 2.45) is 11.1 Å². The van der Waals surface area contributed by atoms with Crippen LogP contribution in [-0.4, -0.2) is 68.8 Å². The lowest BCUT2D eigenvalue weighted by molar-refractivity contribution is -0.133. The van der Waals surface area contributed by atoms with Gasteiger partial charge in [0.15, 0.2) is 0 Å². The highest BCUT2D eigenvalue weighted by Crippen LogP contribution is 2.32. The number of nitrogens with two attached hydrogens (primary N) is 1. The second-order valence-corrected chi connectivity index (χ2v) is 11.4. The van der Waals surface area contributed by atoms with Crippen molar-refractivity contribution in [1.29, 1.82) is 0 Å². The van der Waals surface area contributed by atoms with E-state index < -0.39 is 10.0 Å². The number of carbonyl (C=O) groups excluding carboxylic acids is 2. The maximum atomic E-state index is 13.2. The molecule has 1 heterocycles. The maximum Gasteiger partial charge on any atom is 0.238 e. The Morgan fingerprint density at radius 1 is 1.00 bits per heavy atom. The minimum Gasteiger partial charge on any atom is -0.336 e. The predicted octanol–water partition coefficient (Wildman–Crippen LogP) is 2.80. The van der Waals surface area contributed by atoms with Crippen LogP contribution >= 0.6 is 0 Å². The Kier molecular flexibility index (Phi) is 8.79. The number of amides is 2. The number of hydrogen-bond donors (Lipinski definition) is 1.